The number of carbonyl (C=O) groups is 2. The minimum Gasteiger partial charge on any atom is -0.383 e. The quantitative estimate of drug-likeness (QED) is 0.521. The zero-order valence-corrected chi connectivity index (χ0v) is 20.5. The molecule has 1 atom stereocenters. The van der Waals surface area contributed by atoms with Gasteiger partial charge in [0, 0.05) is 60.4 Å². The van der Waals surface area contributed by atoms with E-state index in [0.29, 0.717) is 29.1 Å². The molecule has 3 heterocycles. The van der Waals surface area contributed by atoms with E-state index in [1.807, 2.05) is 36.1 Å². The molecule has 37 heavy (non-hydrogen) atoms. The van der Waals surface area contributed by atoms with E-state index in [1.165, 1.54) is 20.0 Å². The van der Waals surface area contributed by atoms with E-state index in [4.69, 9.17) is 5.73 Å². The third kappa shape index (κ3) is 5.58. The Kier molecular flexibility index (Phi) is 6.93. The van der Waals surface area contributed by atoms with Crippen molar-refractivity contribution in [1.29, 1.82) is 0 Å². The van der Waals surface area contributed by atoms with Crippen LogP contribution in [0.1, 0.15) is 43.9 Å². The smallest absolute Gasteiger partial charge is 0.383 e. The highest BCUT2D eigenvalue weighted by molar-refractivity contribution is 5.89. The third-order valence-electron chi connectivity index (χ3n) is 6.00. The van der Waals surface area contributed by atoms with Crippen LogP contribution in [0.5, 0.6) is 0 Å². The molecule has 192 valence electrons. The Morgan fingerprint density at radius 1 is 1.05 bits per heavy atom. The number of pyridine rings is 1. The number of hydrogen-bond donors (Lipinski definition) is 3. The Balaban J connectivity index is 1.87. The second-order valence-corrected chi connectivity index (χ2v) is 8.91. The molecule has 7 nitrogen and oxygen atoms in total. The average Bonchev–Trinajstić information content (AvgIpc) is 2.95. The van der Waals surface area contributed by atoms with Gasteiger partial charge < -0.3 is 21.3 Å². The Morgan fingerprint density at radius 3 is 2.35 bits per heavy atom. The van der Waals surface area contributed by atoms with Gasteiger partial charge in [-0.15, -0.1) is 0 Å². The standard InChI is InChI=1S/C27H26F3N5O2/c1-15-4-10-22-11-7-19(20-12-23(27(28,29)30)26(31)32-13-20)14-35(22)25(24(15)34-17(3)37)18-5-8-21(9-6-18)33-16(2)36/h5-15H,4H2,1-3H3,(H2,31,32)(H,33,36)(H,34,37). The normalized spacial score (nSPS) is 17.5. The van der Waals surface area contributed by atoms with Crippen LogP contribution in [0.3, 0.4) is 0 Å². The van der Waals surface area contributed by atoms with E-state index in [0.717, 1.165) is 17.3 Å². The van der Waals surface area contributed by atoms with Crippen LogP contribution >= 0.6 is 0 Å². The number of halogens is 3. The number of fused-ring (bicyclic) bond motifs is 1. The highest BCUT2D eigenvalue weighted by Gasteiger charge is 2.34. The average molecular weight is 510 g/mol. The minimum atomic E-state index is -4.64. The van der Waals surface area contributed by atoms with Crippen molar-refractivity contribution in [2.24, 2.45) is 5.92 Å². The lowest BCUT2D eigenvalue weighted by Gasteiger charge is -2.30. The molecule has 0 saturated heterocycles. The molecule has 0 radical (unpaired) electrons. The summed E-state index contributed by atoms with van der Waals surface area (Å²) in [6.07, 6.45) is 4.55. The van der Waals surface area contributed by atoms with E-state index in [1.54, 1.807) is 24.4 Å². The predicted molar refractivity (Wildman–Crippen MR) is 136 cm³/mol. The molecule has 2 aliphatic heterocycles. The fourth-order valence-corrected chi connectivity index (χ4v) is 4.26. The molecule has 2 amide bonds. The second kappa shape index (κ2) is 9.96. The minimum absolute atomic E-state index is 0.0627. The molecule has 0 saturated carbocycles. The summed E-state index contributed by atoms with van der Waals surface area (Å²) in [5, 5.41) is 5.68. The molecule has 0 aliphatic carbocycles. The van der Waals surface area contributed by atoms with E-state index >= 15 is 0 Å². The molecule has 4 rings (SSSR count). The lowest BCUT2D eigenvalue weighted by atomic mass is 9.98. The van der Waals surface area contributed by atoms with Crippen LogP contribution in [0, 0.1) is 5.92 Å². The first-order valence-electron chi connectivity index (χ1n) is 11.6. The van der Waals surface area contributed by atoms with Crippen LogP contribution in [-0.4, -0.2) is 21.7 Å². The molecule has 2 aromatic rings. The van der Waals surface area contributed by atoms with Gasteiger partial charge in [0.25, 0.3) is 0 Å². The number of aromatic nitrogens is 1. The Labute approximate surface area is 212 Å². The number of anilines is 2. The molecular formula is C27H26F3N5O2. The van der Waals surface area contributed by atoms with E-state index in [2.05, 4.69) is 15.6 Å². The first-order valence-corrected chi connectivity index (χ1v) is 11.6. The maximum absolute atomic E-state index is 13.5. The van der Waals surface area contributed by atoms with Crippen molar-refractivity contribution in [2.45, 2.75) is 33.4 Å². The van der Waals surface area contributed by atoms with Crippen LogP contribution < -0.4 is 16.4 Å². The summed E-state index contributed by atoms with van der Waals surface area (Å²) >= 11 is 0. The number of amides is 2. The number of nitrogen functional groups attached to an aromatic ring is 1. The van der Waals surface area contributed by atoms with Gasteiger partial charge in [0.15, 0.2) is 0 Å². The fourth-order valence-electron chi connectivity index (χ4n) is 4.26. The number of benzene rings is 1. The Hall–Kier alpha value is -4.34. The number of nitrogens with two attached hydrogens (primary N) is 1. The van der Waals surface area contributed by atoms with Crippen LogP contribution in [0.4, 0.5) is 24.7 Å². The molecule has 1 aromatic heterocycles. The zero-order chi connectivity index (χ0) is 26.9. The highest BCUT2D eigenvalue weighted by Crippen LogP contribution is 2.40. The number of carbonyl (C=O) groups excluding carboxylic acids is 2. The summed E-state index contributed by atoms with van der Waals surface area (Å²) < 4.78 is 40.4. The van der Waals surface area contributed by atoms with Gasteiger partial charge in [0.2, 0.25) is 11.8 Å². The Bertz CT molecular complexity index is 1370. The van der Waals surface area contributed by atoms with Gasteiger partial charge in [-0.3, -0.25) is 9.59 Å². The summed E-state index contributed by atoms with van der Waals surface area (Å²) in [7, 11) is 0. The zero-order valence-electron chi connectivity index (χ0n) is 20.5. The molecule has 1 aromatic carbocycles. The lowest BCUT2D eigenvalue weighted by Crippen LogP contribution is -2.28. The second-order valence-electron chi connectivity index (χ2n) is 8.91. The van der Waals surface area contributed by atoms with Gasteiger partial charge in [-0.25, -0.2) is 4.98 Å². The van der Waals surface area contributed by atoms with Gasteiger partial charge in [-0.1, -0.05) is 31.2 Å². The number of nitrogens with zero attached hydrogens (tertiary/aromatic N) is 2. The fraction of sp³-hybridized carbons (Fsp3) is 0.222. The summed E-state index contributed by atoms with van der Waals surface area (Å²) in [4.78, 5) is 29.2. The maximum atomic E-state index is 13.5. The van der Waals surface area contributed by atoms with Crippen molar-refractivity contribution in [2.75, 3.05) is 11.1 Å². The summed E-state index contributed by atoms with van der Waals surface area (Å²) in [5.41, 5.74) is 8.71. The molecule has 4 N–H and O–H groups in total. The monoisotopic (exact) mass is 509 g/mol. The van der Waals surface area contributed by atoms with Crippen molar-refractivity contribution in [3.8, 4) is 0 Å². The van der Waals surface area contributed by atoms with E-state index < -0.39 is 17.6 Å². The van der Waals surface area contributed by atoms with Gasteiger partial charge in [0.1, 0.15) is 5.82 Å². The Morgan fingerprint density at radius 2 is 1.73 bits per heavy atom. The van der Waals surface area contributed by atoms with Crippen LogP contribution in [0.15, 0.2) is 72.4 Å². The number of rotatable bonds is 4. The van der Waals surface area contributed by atoms with Gasteiger partial charge in [0.05, 0.1) is 11.3 Å². The summed E-state index contributed by atoms with van der Waals surface area (Å²) in [6, 6.07) is 8.11. The number of hydrogen-bond acceptors (Lipinski definition) is 5. The molecule has 0 fully saturated rings. The van der Waals surface area contributed by atoms with Crippen molar-refractivity contribution in [1.82, 2.24) is 15.2 Å². The summed E-state index contributed by atoms with van der Waals surface area (Å²) in [5.74, 6) is -1.10. The predicted octanol–water partition coefficient (Wildman–Crippen LogP) is 5.28. The van der Waals surface area contributed by atoms with Crippen molar-refractivity contribution >= 4 is 34.6 Å². The third-order valence-corrected chi connectivity index (χ3v) is 6.00. The van der Waals surface area contributed by atoms with Crippen LogP contribution in [-0.2, 0) is 15.8 Å². The van der Waals surface area contributed by atoms with Crippen molar-refractivity contribution < 1.29 is 22.8 Å². The number of allylic oxidation sites excluding steroid dienone is 5. The molecule has 0 spiro atoms. The number of alkyl halides is 3. The van der Waals surface area contributed by atoms with Crippen molar-refractivity contribution in [3.05, 3.63) is 89.0 Å². The van der Waals surface area contributed by atoms with Gasteiger partial charge in [-0.05, 0) is 36.3 Å². The largest absolute Gasteiger partial charge is 0.419 e. The molecule has 2 aliphatic rings. The lowest BCUT2D eigenvalue weighted by molar-refractivity contribution is -0.137. The first-order chi connectivity index (χ1) is 17.4. The summed E-state index contributed by atoms with van der Waals surface area (Å²) in [6.45, 7) is 4.82. The van der Waals surface area contributed by atoms with Gasteiger partial charge in [-0.2, -0.15) is 13.2 Å². The molecular weight excluding hydrogens is 483 g/mol. The molecule has 10 heteroatoms. The first kappa shape index (κ1) is 25.7. The topological polar surface area (TPSA) is 100 Å². The van der Waals surface area contributed by atoms with E-state index in [-0.39, 0.29) is 23.3 Å². The van der Waals surface area contributed by atoms with Crippen molar-refractivity contribution in [3.63, 3.8) is 0 Å². The SMILES string of the molecule is CC(=O)NC1=C(c2ccc(NC(C)=O)cc2)N2C=C(c3cnc(N)c(C(F)(F)F)c3)C=CC2=CCC1C. The molecule has 0 bridgehead atoms. The maximum Gasteiger partial charge on any atom is 0.419 e. The molecule has 1 unspecified atom stereocenters. The highest BCUT2D eigenvalue weighted by atomic mass is 19.4. The van der Waals surface area contributed by atoms with Crippen LogP contribution in [0.2, 0.25) is 0 Å². The van der Waals surface area contributed by atoms with Crippen LogP contribution in [0.25, 0.3) is 11.3 Å². The van der Waals surface area contributed by atoms with Gasteiger partial charge >= 0.3 is 6.18 Å². The number of nitrogens with one attached hydrogen (secondary N) is 2. The van der Waals surface area contributed by atoms with E-state index in [9.17, 15) is 22.8 Å².